The molecule has 30 heavy (non-hydrogen) atoms. The predicted octanol–water partition coefficient (Wildman–Crippen LogP) is 6.09. The Kier molecular flexibility index (Phi) is 4.15. The van der Waals surface area contributed by atoms with Crippen LogP contribution in [-0.2, 0) is 4.79 Å². The number of halogens is 1. The van der Waals surface area contributed by atoms with Gasteiger partial charge in [-0.05, 0) is 47.2 Å². The van der Waals surface area contributed by atoms with Crippen LogP contribution in [0.3, 0.4) is 0 Å². The van der Waals surface area contributed by atoms with Gasteiger partial charge in [-0.25, -0.2) is 0 Å². The highest BCUT2D eigenvalue weighted by Crippen LogP contribution is 2.51. The van der Waals surface area contributed by atoms with Gasteiger partial charge in [-0.3, -0.25) is 4.79 Å². The topological polar surface area (TPSA) is 47.6 Å². The molecule has 1 aliphatic carbocycles. The number of anilines is 1. The first-order chi connectivity index (χ1) is 14.7. The lowest BCUT2D eigenvalue weighted by atomic mass is 9.73. The van der Waals surface area contributed by atoms with Crippen molar-refractivity contribution in [2.75, 3.05) is 12.1 Å². The minimum Gasteiger partial charge on any atom is -0.454 e. The number of rotatable bonds is 2. The molecule has 0 saturated heterocycles. The molecule has 3 aliphatic rings. The van der Waals surface area contributed by atoms with Crippen LogP contribution in [0.15, 0.2) is 65.2 Å². The van der Waals surface area contributed by atoms with Crippen molar-refractivity contribution in [1.29, 1.82) is 0 Å². The highest BCUT2D eigenvalue weighted by atomic mass is 35.5. The number of carbonyl (C=O) groups excluding carboxylic acids is 1. The van der Waals surface area contributed by atoms with Crippen LogP contribution in [0.1, 0.15) is 40.7 Å². The molecule has 0 radical (unpaired) electrons. The van der Waals surface area contributed by atoms with E-state index in [1.54, 1.807) is 11.3 Å². The third kappa shape index (κ3) is 2.84. The van der Waals surface area contributed by atoms with E-state index in [1.165, 1.54) is 4.88 Å². The van der Waals surface area contributed by atoms with Gasteiger partial charge in [0.2, 0.25) is 6.79 Å². The molecule has 2 aliphatic heterocycles. The van der Waals surface area contributed by atoms with Gasteiger partial charge < -0.3 is 14.8 Å². The van der Waals surface area contributed by atoms with Crippen LogP contribution in [0.5, 0.6) is 11.5 Å². The average molecular weight is 436 g/mol. The van der Waals surface area contributed by atoms with E-state index in [0.717, 1.165) is 46.0 Å². The van der Waals surface area contributed by atoms with Crippen LogP contribution in [0, 0.1) is 0 Å². The van der Waals surface area contributed by atoms with Gasteiger partial charge in [0, 0.05) is 51.2 Å². The Labute approximate surface area is 183 Å². The first kappa shape index (κ1) is 18.0. The molecule has 2 atom stereocenters. The molecular weight excluding hydrogens is 418 g/mol. The summed E-state index contributed by atoms with van der Waals surface area (Å²) in [5.41, 5.74) is 4.92. The Morgan fingerprint density at radius 2 is 1.83 bits per heavy atom. The Morgan fingerprint density at radius 3 is 2.60 bits per heavy atom. The van der Waals surface area contributed by atoms with Gasteiger partial charge in [0.05, 0.1) is 0 Å². The van der Waals surface area contributed by atoms with Crippen LogP contribution < -0.4 is 14.8 Å². The molecule has 6 heteroatoms. The summed E-state index contributed by atoms with van der Waals surface area (Å²) in [6, 6.07) is 16.0. The number of thiophene rings is 1. The second-order valence-electron chi connectivity index (χ2n) is 7.84. The van der Waals surface area contributed by atoms with Crippen molar-refractivity contribution in [3.8, 4) is 11.5 Å². The van der Waals surface area contributed by atoms with E-state index in [2.05, 4.69) is 22.8 Å². The molecule has 0 amide bonds. The van der Waals surface area contributed by atoms with Crippen molar-refractivity contribution in [1.82, 2.24) is 0 Å². The number of fused-ring (bicyclic) bond motifs is 2. The van der Waals surface area contributed by atoms with E-state index in [4.69, 9.17) is 21.1 Å². The first-order valence-corrected chi connectivity index (χ1v) is 11.2. The molecule has 0 bridgehead atoms. The number of ketones is 1. The molecule has 3 aromatic rings. The zero-order valence-electron chi connectivity index (χ0n) is 16.0. The number of nitrogens with one attached hydrogen (secondary N) is 1. The van der Waals surface area contributed by atoms with Crippen LogP contribution in [0.2, 0.25) is 5.02 Å². The quantitative estimate of drug-likeness (QED) is 0.529. The summed E-state index contributed by atoms with van der Waals surface area (Å²) in [5, 5.41) is 6.32. The van der Waals surface area contributed by atoms with Crippen molar-refractivity contribution in [2.45, 2.75) is 24.7 Å². The van der Waals surface area contributed by atoms with Crippen LogP contribution in [-0.4, -0.2) is 12.6 Å². The molecule has 3 heterocycles. The van der Waals surface area contributed by atoms with Crippen LogP contribution in [0.4, 0.5) is 5.69 Å². The molecule has 0 saturated carbocycles. The number of benzene rings is 2. The predicted molar refractivity (Wildman–Crippen MR) is 118 cm³/mol. The Morgan fingerprint density at radius 1 is 1.03 bits per heavy atom. The van der Waals surface area contributed by atoms with Crippen LogP contribution in [0.25, 0.3) is 0 Å². The first-order valence-electron chi connectivity index (χ1n) is 9.93. The maximum absolute atomic E-state index is 13.5. The SMILES string of the molecule is O=C1C[C@H](c2cccs2)CC2=C1[C@H](c1ccc(Cl)cc1)c1cc3c(cc1N2)OCO3. The number of hydrogen-bond acceptors (Lipinski definition) is 5. The number of hydrogen-bond donors (Lipinski definition) is 1. The van der Waals surface area contributed by atoms with Crippen molar-refractivity contribution >= 4 is 34.4 Å². The van der Waals surface area contributed by atoms with Gasteiger partial charge in [-0.15, -0.1) is 11.3 Å². The number of allylic oxidation sites excluding steroid dienone is 2. The molecule has 0 fully saturated rings. The standard InChI is InChI=1S/C24H18ClNO3S/c25-15-5-3-13(4-6-15)23-16-10-20-21(29-12-28-20)11-17(16)26-18-8-14(9-19(27)24(18)23)22-2-1-7-30-22/h1-7,10-11,14,23,26H,8-9,12H2/t14-,23-/m1/s1. The zero-order valence-corrected chi connectivity index (χ0v) is 17.6. The maximum Gasteiger partial charge on any atom is 0.231 e. The Hall–Kier alpha value is -2.76. The molecule has 4 nitrogen and oxygen atoms in total. The molecule has 1 aromatic heterocycles. The highest BCUT2D eigenvalue weighted by molar-refractivity contribution is 7.10. The van der Waals surface area contributed by atoms with Gasteiger partial charge in [0.25, 0.3) is 0 Å². The lowest BCUT2D eigenvalue weighted by Gasteiger charge is -2.36. The lowest BCUT2D eigenvalue weighted by Crippen LogP contribution is -2.29. The van der Waals surface area contributed by atoms with E-state index in [1.807, 2.05) is 36.4 Å². The van der Waals surface area contributed by atoms with E-state index in [0.29, 0.717) is 11.4 Å². The van der Waals surface area contributed by atoms with E-state index < -0.39 is 0 Å². The number of carbonyl (C=O) groups is 1. The van der Waals surface area contributed by atoms with E-state index in [9.17, 15) is 4.79 Å². The molecule has 150 valence electrons. The molecule has 0 spiro atoms. The summed E-state index contributed by atoms with van der Waals surface area (Å²) in [6.45, 7) is 0.219. The molecule has 0 unspecified atom stereocenters. The lowest BCUT2D eigenvalue weighted by molar-refractivity contribution is -0.116. The average Bonchev–Trinajstić information content (AvgIpc) is 3.43. The third-order valence-electron chi connectivity index (χ3n) is 6.09. The smallest absolute Gasteiger partial charge is 0.231 e. The molecule has 1 N–H and O–H groups in total. The molecule has 2 aromatic carbocycles. The van der Waals surface area contributed by atoms with Gasteiger partial charge in [0.1, 0.15) is 0 Å². The second-order valence-corrected chi connectivity index (χ2v) is 9.25. The minimum atomic E-state index is -0.153. The zero-order chi connectivity index (χ0) is 20.2. The van der Waals surface area contributed by atoms with E-state index >= 15 is 0 Å². The van der Waals surface area contributed by atoms with Gasteiger partial charge in [-0.2, -0.15) is 0 Å². The summed E-state index contributed by atoms with van der Waals surface area (Å²) in [5.74, 6) is 1.71. The number of Topliss-reactive ketones (excluding diaryl/α,β-unsaturated/α-hetero) is 1. The highest BCUT2D eigenvalue weighted by Gasteiger charge is 2.39. The summed E-state index contributed by atoms with van der Waals surface area (Å²) >= 11 is 7.86. The normalized spacial score (nSPS) is 21.8. The maximum atomic E-state index is 13.5. The van der Waals surface area contributed by atoms with Gasteiger partial charge in [-0.1, -0.05) is 29.8 Å². The van der Waals surface area contributed by atoms with Crippen molar-refractivity contribution in [2.24, 2.45) is 0 Å². The fourth-order valence-electron chi connectivity index (χ4n) is 4.73. The fraction of sp³-hybridized carbons (Fsp3) is 0.208. The van der Waals surface area contributed by atoms with E-state index in [-0.39, 0.29) is 24.4 Å². The third-order valence-corrected chi connectivity index (χ3v) is 7.37. The van der Waals surface area contributed by atoms with Crippen molar-refractivity contribution in [3.63, 3.8) is 0 Å². The van der Waals surface area contributed by atoms with Gasteiger partial charge >= 0.3 is 0 Å². The fourth-order valence-corrected chi connectivity index (χ4v) is 5.69. The monoisotopic (exact) mass is 435 g/mol. The van der Waals surface area contributed by atoms with Crippen molar-refractivity contribution < 1.29 is 14.3 Å². The Bertz CT molecular complexity index is 1180. The molecule has 6 rings (SSSR count). The largest absolute Gasteiger partial charge is 0.454 e. The summed E-state index contributed by atoms with van der Waals surface area (Å²) in [4.78, 5) is 14.7. The second kappa shape index (κ2) is 6.89. The summed E-state index contributed by atoms with van der Waals surface area (Å²) < 4.78 is 11.2. The van der Waals surface area contributed by atoms with Crippen LogP contribution >= 0.6 is 22.9 Å². The summed E-state index contributed by atoms with van der Waals surface area (Å²) in [6.07, 6.45) is 1.35. The van der Waals surface area contributed by atoms with Gasteiger partial charge in [0.15, 0.2) is 17.3 Å². The number of ether oxygens (including phenoxy) is 2. The minimum absolute atomic E-state index is 0.153. The summed E-state index contributed by atoms with van der Waals surface area (Å²) in [7, 11) is 0. The Balaban J connectivity index is 1.51. The molecular formula is C24H18ClNO3S. The van der Waals surface area contributed by atoms with Crippen molar-refractivity contribution in [3.05, 3.63) is 86.2 Å².